The Balaban J connectivity index is 1.76. The third kappa shape index (κ3) is 4.73. The smallest absolute Gasteiger partial charge is 0.426 e. The molecule has 3 rings (SSSR count). The van der Waals surface area contributed by atoms with Gasteiger partial charge in [-0.25, -0.2) is 9.80 Å². The molecule has 2 aromatic rings. The molecule has 0 spiro atoms. The van der Waals surface area contributed by atoms with Gasteiger partial charge in [0.25, 0.3) is 5.91 Å². The minimum absolute atomic E-state index is 0.0113. The molecular formula is C19H22ClN5O4. The summed E-state index contributed by atoms with van der Waals surface area (Å²) in [4.78, 5) is 38.2. The van der Waals surface area contributed by atoms with Gasteiger partial charge in [-0.3, -0.25) is 15.0 Å². The van der Waals surface area contributed by atoms with E-state index in [0.717, 1.165) is 5.01 Å². The zero-order valence-electron chi connectivity index (χ0n) is 16.1. The third-order valence-electron chi connectivity index (χ3n) is 5.01. The molecule has 29 heavy (non-hydrogen) atoms. The molecule has 0 aliphatic heterocycles. The highest BCUT2D eigenvalue weighted by Gasteiger charge is 2.34. The number of rotatable bonds is 3. The van der Waals surface area contributed by atoms with Crippen LogP contribution in [0.15, 0.2) is 24.3 Å². The maximum Gasteiger partial charge on any atom is 0.426 e. The maximum atomic E-state index is 12.6. The van der Waals surface area contributed by atoms with E-state index in [1.165, 1.54) is 11.0 Å². The van der Waals surface area contributed by atoms with Gasteiger partial charge >= 0.3 is 6.09 Å². The number of nitrogens with zero attached hydrogens (tertiary/aromatic N) is 4. The number of carbonyl (C=O) groups is 3. The first-order valence-corrected chi connectivity index (χ1v) is 9.61. The summed E-state index contributed by atoms with van der Waals surface area (Å²) in [5.74, 6) is -0.990. The van der Waals surface area contributed by atoms with Crippen molar-refractivity contribution in [2.45, 2.75) is 31.7 Å². The van der Waals surface area contributed by atoms with Gasteiger partial charge in [-0.15, -0.1) is 10.2 Å². The van der Waals surface area contributed by atoms with Crippen molar-refractivity contribution in [2.24, 2.45) is 5.92 Å². The van der Waals surface area contributed by atoms with Crippen molar-refractivity contribution in [1.29, 1.82) is 0 Å². The predicted molar refractivity (Wildman–Crippen MR) is 106 cm³/mol. The molecule has 1 saturated carbocycles. The Hall–Kier alpha value is -2.94. The number of hydrogen-bond donors (Lipinski definition) is 2. The van der Waals surface area contributed by atoms with E-state index in [1.54, 1.807) is 32.3 Å². The summed E-state index contributed by atoms with van der Waals surface area (Å²) >= 11 is 5.92. The molecular weight excluding hydrogens is 398 g/mol. The van der Waals surface area contributed by atoms with Crippen LogP contribution in [0.2, 0.25) is 5.02 Å². The van der Waals surface area contributed by atoms with Crippen LogP contribution in [0.3, 0.4) is 0 Å². The average molecular weight is 420 g/mol. The molecule has 0 saturated heterocycles. The Morgan fingerprint density at radius 1 is 1.17 bits per heavy atom. The first-order valence-electron chi connectivity index (χ1n) is 9.23. The highest BCUT2D eigenvalue weighted by atomic mass is 35.5. The summed E-state index contributed by atoms with van der Waals surface area (Å²) in [5, 5.41) is 19.5. The number of carboxylic acid groups (broad SMARTS) is 1. The van der Waals surface area contributed by atoms with Gasteiger partial charge in [-0.05, 0) is 37.5 Å². The van der Waals surface area contributed by atoms with Gasteiger partial charge in [0.15, 0.2) is 5.69 Å². The molecule has 1 heterocycles. The second-order valence-corrected chi connectivity index (χ2v) is 7.71. The molecule has 154 valence electrons. The van der Waals surface area contributed by atoms with E-state index in [2.05, 4.69) is 15.6 Å². The molecule has 9 nitrogen and oxygen atoms in total. The second-order valence-electron chi connectivity index (χ2n) is 7.28. The largest absolute Gasteiger partial charge is 0.464 e. The van der Waals surface area contributed by atoms with Gasteiger partial charge in [0.2, 0.25) is 5.91 Å². The summed E-state index contributed by atoms with van der Waals surface area (Å²) in [7, 11) is 3.35. The van der Waals surface area contributed by atoms with Crippen molar-refractivity contribution in [2.75, 3.05) is 14.1 Å². The van der Waals surface area contributed by atoms with Crippen molar-refractivity contribution in [3.63, 3.8) is 0 Å². The molecule has 1 unspecified atom stereocenters. The Labute approximate surface area is 172 Å². The number of nitrogens with one attached hydrogen (secondary N) is 1. The Kier molecular flexibility index (Phi) is 6.17. The van der Waals surface area contributed by atoms with Gasteiger partial charge in [-0.1, -0.05) is 24.1 Å². The molecule has 1 aromatic carbocycles. The van der Waals surface area contributed by atoms with Gasteiger partial charge in [0, 0.05) is 30.4 Å². The molecule has 1 aromatic heterocycles. The van der Waals surface area contributed by atoms with Crippen LogP contribution in [0.5, 0.6) is 0 Å². The van der Waals surface area contributed by atoms with E-state index < -0.39 is 18.0 Å². The highest BCUT2D eigenvalue weighted by molar-refractivity contribution is 6.31. The van der Waals surface area contributed by atoms with Crippen molar-refractivity contribution in [1.82, 2.24) is 25.5 Å². The first-order chi connectivity index (χ1) is 13.8. The highest BCUT2D eigenvalue weighted by Crippen LogP contribution is 2.28. The number of aromatic nitrogens is 2. The SMILES string of the molecule is CN(C)C(=O)[C@H]1CCCC(N(NC(=O)c2cc3ccc(Cl)cc3nn2)C(=O)O)C1. The molecule has 0 radical (unpaired) electrons. The van der Waals surface area contributed by atoms with Crippen molar-refractivity contribution in [3.05, 3.63) is 35.0 Å². The molecule has 2 N–H and O–H groups in total. The van der Waals surface area contributed by atoms with E-state index in [-0.39, 0.29) is 17.5 Å². The van der Waals surface area contributed by atoms with E-state index in [1.807, 2.05) is 0 Å². The van der Waals surface area contributed by atoms with Gasteiger partial charge in [-0.2, -0.15) is 0 Å². The summed E-state index contributed by atoms with van der Waals surface area (Å²) in [6, 6.07) is 6.02. The number of halogens is 1. The van der Waals surface area contributed by atoms with Crippen LogP contribution in [-0.4, -0.2) is 63.3 Å². The van der Waals surface area contributed by atoms with E-state index in [9.17, 15) is 19.5 Å². The van der Waals surface area contributed by atoms with Crippen LogP contribution in [-0.2, 0) is 4.79 Å². The van der Waals surface area contributed by atoms with E-state index >= 15 is 0 Å². The summed E-state index contributed by atoms with van der Waals surface area (Å²) in [6.45, 7) is 0. The van der Waals surface area contributed by atoms with Gasteiger partial charge < -0.3 is 10.0 Å². The van der Waals surface area contributed by atoms with Crippen LogP contribution < -0.4 is 5.43 Å². The number of amides is 3. The Morgan fingerprint density at radius 3 is 2.62 bits per heavy atom. The van der Waals surface area contributed by atoms with Crippen LogP contribution in [0, 0.1) is 5.92 Å². The minimum atomic E-state index is -1.29. The Bertz CT molecular complexity index is 951. The predicted octanol–water partition coefficient (Wildman–Crippen LogP) is 2.55. The standard InChI is InChI=1S/C19H22ClN5O4/c1-24(2)18(27)12-4-3-5-14(8-12)25(19(28)29)23-17(26)16-9-11-6-7-13(20)10-15(11)21-22-16/h6-7,9-10,12,14H,3-5,8H2,1-2H3,(H,23,26)(H,28,29)/t12-,14?/m0/s1. The van der Waals surface area contributed by atoms with E-state index in [4.69, 9.17) is 11.6 Å². The van der Waals surface area contributed by atoms with Crippen molar-refractivity contribution < 1.29 is 19.5 Å². The molecule has 1 aliphatic rings. The number of hydrogen-bond acceptors (Lipinski definition) is 5. The average Bonchev–Trinajstić information content (AvgIpc) is 2.70. The topological polar surface area (TPSA) is 116 Å². The number of benzene rings is 1. The second kappa shape index (κ2) is 8.60. The number of hydrazine groups is 1. The normalized spacial score (nSPS) is 18.9. The zero-order chi connectivity index (χ0) is 21.1. The molecule has 10 heteroatoms. The quantitative estimate of drug-likeness (QED) is 0.738. The summed E-state index contributed by atoms with van der Waals surface area (Å²) < 4.78 is 0. The lowest BCUT2D eigenvalue weighted by Crippen LogP contribution is -2.53. The first kappa shape index (κ1) is 20.8. The van der Waals surface area contributed by atoms with Crippen LogP contribution in [0.25, 0.3) is 10.9 Å². The lowest BCUT2D eigenvalue weighted by Gasteiger charge is -2.35. The van der Waals surface area contributed by atoms with Gasteiger partial charge in [0.1, 0.15) is 0 Å². The lowest BCUT2D eigenvalue weighted by molar-refractivity contribution is -0.134. The van der Waals surface area contributed by atoms with Crippen LogP contribution >= 0.6 is 11.6 Å². The summed E-state index contributed by atoms with van der Waals surface area (Å²) in [6.07, 6.45) is 1.03. The molecule has 3 amide bonds. The molecule has 1 aliphatic carbocycles. The maximum absolute atomic E-state index is 12.6. The van der Waals surface area contributed by atoms with Crippen LogP contribution in [0.1, 0.15) is 36.2 Å². The zero-order valence-corrected chi connectivity index (χ0v) is 16.9. The lowest BCUT2D eigenvalue weighted by atomic mass is 9.84. The van der Waals surface area contributed by atoms with Crippen LogP contribution in [0.4, 0.5) is 4.79 Å². The van der Waals surface area contributed by atoms with Crippen molar-refractivity contribution in [3.8, 4) is 0 Å². The number of fused-ring (bicyclic) bond motifs is 1. The van der Waals surface area contributed by atoms with Crippen molar-refractivity contribution >= 4 is 40.4 Å². The molecule has 0 bridgehead atoms. The Morgan fingerprint density at radius 2 is 1.93 bits per heavy atom. The molecule has 2 atom stereocenters. The van der Waals surface area contributed by atoms with E-state index in [0.29, 0.717) is 41.6 Å². The third-order valence-corrected chi connectivity index (χ3v) is 5.25. The minimum Gasteiger partial charge on any atom is -0.464 e. The fourth-order valence-corrected chi connectivity index (χ4v) is 3.74. The number of carbonyl (C=O) groups excluding carboxylic acids is 2. The monoisotopic (exact) mass is 419 g/mol. The van der Waals surface area contributed by atoms with Gasteiger partial charge in [0.05, 0.1) is 11.6 Å². The molecule has 1 fully saturated rings. The fourth-order valence-electron chi connectivity index (χ4n) is 3.57. The fraction of sp³-hybridized carbons (Fsp3) is 0.421. The summed E-state index contributed by atoms with van der Waals surface area (Å²) in [5.41, 5.74) is 2.93.